The van der Waals surface area contributed by atoms with Crippen LogP contribution in [0.4, 0.5) is 0 Å². The third kappa shape index (κ3) is 4.11. The van der Waals surface area contributed by atoms with Crippen LogP contribution in [0.15, 0.2) is 77.3 Å². The Bertz CT molecular complexity index is 1480. The fourth-order valence-corrected chi connectivity index (χ4v) is 4.14. The lowest BCUT2D eigenvalue weighted by molar-refractivity contribution is 0.100. The number of carbonyl (C=O) groups is 1. The molecule has 5 rings (SSSR count). The Balaban J connectivity index is 1.57. The van der Waals surface area contributed by atoms with Crippen molar-refractivity contribution in [1.82, 2.24) is 14.8 Å². The third-order valence-electron chi connectivity index (χ3n) is 5.33. The Morgan fingerprint density at radius 2 is 1.85 bits per heavy atom. The average Bonchev–Trinajstić information content (AvgIpc) is 3.46. The molecule has 0 saturated heterocycles. The molecule has 0 atom stereocenters. The maximum atomic E-state index is 13.4. The van der Waals surface area contributed by atoms with Crippen LogP contribution in [0.3, 0.4) is 0 Å². The third-order valence-corrected chi connectivity index (χ3v) is 5.92. The number of carbonyl (C=O) groups excluding carboxylic acids is 1. The monoisotopic (exact) mass is 477 g/mol. The second-order valence-electron chi connectivity index (χ2n) is 7.40. The maximum absolute atomic E-state index is 13.4. The van der Waals surface area contributed by atoms with Gasteiger partial charge in [0.1, 0.15) is 5.75 Å². The van der Waals surface area contributed by atoms with E-state index < -0.39 is 0 Å². The van der Waals surface area contributed by atoms with Crippen molar-refractivity contribution in [2.24, 2.45) is 0 Å². The van der Waals surface area contributed by atoms with Crippen LogP contribution in [0.1, 0.15) is 21.8 Å². The van der Waals surface area contributed by atoms with Crippen molar-refractivity contribution in [3.05, 3.63) is 100.0 Å². The zero-order chi connectivity index (χ0) is 22.9. The molecule has 3 aromatic carbocycles. The summed E-state index contributed by atoms with van der Waals surface area (Å²) in [5.41, 5.74) is 2.88. The molecule has 0 aliphatic heterocycles. The van der Waals surface area contributed by atoms with E-state index >= 15 is 0 Å². The summed E-state index contributed by atoms with van der Waals surface area (Å²) in [4.78, 5) is 13.4. The number of aromatic nitrogens is 3. The molecule has 2 heterocycles. The fourth-order valence-electron chi connectivity index (χ4n) is 3.68. The molecule has 0 aliphatic rings. The number of ketones is 1. The smallest absolute Gasteiger partial charge is 0.289 e. The second kappa shape index (κ2) is 8.73. The molecule has 164 valence electrons. The summed E-state index contributed by atoms with van der Waals surface area (Å²) < 4.78 is 13.0. The lowest BCUT2D eigenvalue weighted by atomic mass is 10.1. The van der Waals surface area contributed by atoms with Crippen molar-refractivity contribution < 1.29 is 13.9 Å². The van der Waals surface area contributed by atoms with Crippen LogP contribution in [0.2, 0.25) is 10.0 Å². The lowest BCUT2D eigenvalue weighted by Crippen LogP contribution is -2.02. The highest BCUT2D eigenvalue weighted by Crippen LogP contribution is 2.30. The number of nitrogens with zero attached hydrogens (tertiary/aromatic N) is 3. The van der Waals surface area contributed by atoms with Gasteiger partial charge in [-0.25, -0.2) is 0 Å². The molecule has 0 bridgehead atoms. The normalized spacial score (nSPS) is 11.1. The van der Waals surface area contributed by atoms with Crippen LogP contribution in [0.25, 0.3) is 22.4 Å². The highest BCUT2D eigenvalue weighted by Gasteiger charge is 2.23. The molecule has 8 heteroatoms. The zero-order valence-corrected chi connectivity index (χ0v) is 19.0. The fraction of sp³-hybridized carbons (Fsp3) is 0.0800. The predicted octanol–water partition coefficient (Wildman–Crippen LogP) is 6.29. The van der Waals surface area contributed by atoms with Gasteiger partial charge in [0.2, 0.25) is 5.89 Å². The number of hydrogen-bond donors (Lipinski definition) is 0. The molecular weight excluding hydrogens is 461 g/mol. The van der Waals surface area contributed by atoms with Gasteiger partial charge in [0, 0.05) is 39.3 Å². The summed E-state index contributed by atoms with van der Waals surface area (Å²) in [5.74, 6) is 0.465. The van der Waals surface area contributed by atoms with Crippen LogP contribution in [-0.4, -0.2) is 27.7 Å². The second-order valence-corrected chi connectivity index (χ2v) is 8.24. The van der Waals surface area contributed by atoms with E-state index in [9.17, 15) is 4.79 Å². The van der Waals surface area contributed by atoms with E-state index in [-0.39, 0.29) is 17.6 Å². The van der Waals surface area contributed by atoms with Crippen molar-refractivity contribution in [1.29, 1.82) is 0 Å². The first-order valence-corrected chi connectivity index (χ1v) is 10.8. The largest absolute Gasteiger partial charge is 0.497 e. The van der Waals surface area contributed by atoms with E-state index in [0.29, 0.717) is 33.3 Å². The van der Waals surface area contributed by atoms with E-state index in [2.05, 4.69) is 10.2 Å². The number of benzene rings is 3. The number of ether oxygens (including phenoxy) is 1. The van der Waals surface area contributed by atoms with E-state index in [0.717, 1.165) is 16.6 Å². The van der Waals surface area contributed by atoms with Crippen LogP contribution in [0, 0.1) is 0 Å². The van der Waals surface area contributed by atoms with Gasteiger partial charge >= 0.3 is 0 Å². The summed E-state index contributed by atoms with van der Waals surface area (Å²) in [6.45, 7) is 0.450. The number of halogens is 2. The highest BCUT2D eigenvalue weighted by atomic mass is 35.5. The average molecular weight is 478 g/mol. The van der Waals surface area contributed by atoms with Crippen LogP contribution in [-0.2, 0) is 6.54 Å². The minimum absolute atomic E-state index is 0.0831. The predicted molar refractivity (Wildman–Crippen MR) is 127 cm³/mol. The van der Waals surface area contributed by atoms with Gasteiger partial charge in [0.05, 0.1) is 12.7 Å². The topological polar surface area (TPSA) is 70.2 Å². The molecule has 0 fully saturated rings. The molecule has 0 radical (unpaired) electrons. The highest BCUT2D eigenvalue weighted by molar-refractivity contribution is 6.35. The molecule has 0 aliphatic carbocycles. The molecule has 5 aromatic rings. The zero-order valence-electron chi connectivity index (χ0n) is 17.5. The van der Waals surface area contributed by atoms with Gasteiger partial charge in [-0.05, 0) is 48.0 Å². The molecule has 0 spiro atoms. The molecule has 0 N–H and O–H groups in total. The Hall–Kier alpha value is -3.61. The number of rotatable bonds is 6. The van der Waals surface area contributed by atoms with Crippen molar-refractivity contribution >= 4 is 39.9 Å². The van der Waals surface area contributed by atoms with E-state index in [1.54, 1.807) is 25.4 Å². The van der Waals surface area contributed by atoms with Crippen LogP contribution < -0.4 is 4.74 Å². The van der Waals surface area contributed by atoms with Crippen molar-refractivity contribution in [3.63, 3.8) is 0 Å². The van der Waals surface area contributed by atoms with Gasteiger partial charge in [-0.15, -0.1) is 10.2 Å². The van der Waals surface area contributed by atoms with Gasteiger partial charge in [0.25, 0.3) is 11.7 Å². The van der Waals surface area contributed by atoms with E-state index in [1.165, 1.54) is 0 Å². The first kappa shape index (κ1) is 21.2. The van der Waals surface area contributed by atoms with E-state index in [4.69, 9.17) is 32.4 Å². The summed E-state index contributed by atoms with van der Waals surface area (Å²) in [6.07, 6.45) is 1.77. The first-order valence-electron chi connectivity index (χ1n) is 10.1. The maximum Gasteiger partial charge on any atom is 0.289 e. The SMILES string of the molecule is COc1ccc2c(c1)c(C(=O)c1nnc(-c3ccccc3)o1)cn2Cc1ccc(Cl)cc1Cl. The standard InChI is InChI=1S/C25H17Cl2N3O3/c1-32-18-9-10-22-19(12-18)20(14-30(22)13-16-7-8-17(26)11-21(16)27)23(31)25-29-28-24(33-25)15-5-3-2-4-6-15/h2-12,14H,13H2,1H3. The van der Waals surface area contributed by atoms with E-state index in [1.807, 2.05) is 59.2 Å². The van der Waals surface area contributed by atoms with Crippen LogP contribution >= 0.6 is 23.2 Å². The summed E-state index contributed by atoms with van der Waals surface area (Å²) >= 11 is 12.4. The minimum Gasteiger partial charge on any atom is -0.497 e. The Labute approximate surface area is 199 Å². The van der Waals surface area contributed by atoms with Gasteiger partial charge in [0.15, 0.2) is 0 Å². The molecule has 0 unspecified atom stereocenters. The van der Waals surface area contributed by atoms with Crippen molar-refractivity contribution in [3.8, 4) is 17.2 Å². The van der Waals surface area contributed by atoms with Crippen LogP contribution in [0.5, 0.6) is 5.75 Å². The molecule has 2 aromatic heterocycles. The van der Waals surface area contributed by atoms with Gasteiger partial charge in [-0.2, -0.15) is 0 Å². The van der Waals surface area contributed by atoms with Gasteiger partial charge in [-0.3, -0.25) is 4.79 Å². The molecule has 6 nitrogen and oxygen atoms in total. The number of fused-ring (bicyclic) bond motifs is 1. The number of hydrogen-bond acceptors (Lipinski definition) is 5. The Morgan fingerprint density at radius 1 is 1.03 bits per heavy atom. The van der Waals surface area contributed by atoms with Gasteiger partial charge in [-0.1, -0.05) is 47.5 Å². The molecule has 33 heavy (non-hydrogen) atoms. The lowest BCUT2D eigenvalue weighted by Gasteiger charge is -2.08. The molecular formula is C25H17Cl2N3O3. The quantitative estimate of drug-likeness (QED) is 0.269. The molecule has 0 amide bonds. The minimum atomic E-state index is -0.371. The van der Waals surface area contributed by atoms with Crippen molar-refractivity contribution in [2.75, 3.05) is 7.11 Å². The summed E-state index contributed by atoms with van der Waals surface area (Å²) in [7, 11) is 1.58. The Kier molecular flexibility index (Phi) is 5.62. The summed E-state index contributed by atoms with van der Waals surface area (Å²) in [6, 6.07) is 20.2. The molecule has 0 saturated carbocycles. The number of methoxy groups -OCH3 is 1. The van der Waals surface area contributed by atoms with Gasteiger partial charge < -0.3 is 13.7 Å². The summed E-state index contributed by atoms with van der Waals surface area (Å²) in [5, 5.41) is 9.86. The Morgan fingerprint density at radius 3 is 2.61 bits per heavy atom. The first-order chi connectivity index (χ1) is 16.0. The van der Waals surface area contributed by atoms with Crippen molar-refractivity contribution in [2.45, 2.75) is 6.54 Å².